The average molecular weight is 290 g/mol. The van der Waals surface area contributed by atoms with Gasteiger partial charge in [-0.15, -0.1) is 0 Å². The van der Waals surface area contributed by atoms with Crippen LogP contribution in [0.2, 0.25) is 0 Å². The summed E-state index contributed by atoms with van der Waals surface area (Å²) in [4.78, 5) is 3.33. The van der Waals surface area contributed by atoms with Crippen molar-refractivity contribution in [1.82, 2.24) is 9.55 Å². The molecule has 1 fully saturated rings. The SMILES string of the molecule is COc1ccc2c(c1)[nH]c(=S)n2C1CCCC(C)CC1. The number of benzene rings is 1. The summed E-state index contributed by atoms with van der Waals surface area (Å²) in [5.41, 5.74) is 2.28. The molecule has 1 heterocycles. The van der Waals surface area contributed by atoms with Crippen molar-refractivity contribution in [1.29, 1.82) is 0 Å². The zero-order valence-electron chi connectivity index (χ0n) is 12.2. The number of fused-ring (bicyclic) bond motifs is 1. The highest BCUT2D eigenvalue weighted by Gasteiger charge is 2.20. The van der Waals surface area contributed by atoms with Gasteiger partial charge in [0.2, 0.25) is 0 Å². The van der Waals surface area contributed by atoms with Gasteiger partial charge in [0, 0.05) is 12.1 Å². The van der Waals surface area contributed by atoms with Gasteiger partial charge >= 0.3 is 0 Å². The predicted octanol–water partition coefficient (Wildman–Crippen LogP) is 4.85. The normalized spacial score (nSPS) is 23.7. The summed E-state index contributed by atoms with van der Waals surface area (Å²) >= 11 is 5.55. The van der Waals surface area contributed by atoms with Gasteiger partial charge in [-0.3, -0.25) is 0 Å². The first-order valence-electron chi connectivity index (χ1n) is 7.47. The number of hydrogen-bond acceptors (Lipinski definition) is 2. The van der Waals surface area contributed by atoms with Crippen LogP contribution in [0.4, 0.5) is 0 Å². The molecule has 0 saturated heterocycles. The Morgan fingerprint density at radius 1 is 1.25 bits per heavy atom. The van der Waals surface area contributed by atoms with E-state index in [1.807, 2.05) is 12.1 Å². The van der Waals surface area contributed by atoms with Crippen molar-refractivity contribution in [3.05, 3.63) is 23.0 Å². The van der Waals surface area contributed by atoms with Crippen molar-refractivity contribution in [2.45, 2.75) is 45.1 Å². The van der Waals surface area contributed by atoms with Crippen molar-refractivity contribution in [2.75, 3.05) is 7.11 Å². The second-order valence-corrected chi connectivity index (χ2v) is 6.34. The molecule has 2 atom stereocenters. The summed E-state index contributed by atoms with van der Waals surface area (Å²) in [6.07, 6.45) is 6.41. The smallest absolute Gasteiger partial charge is 0.178 e. The summed E-state index contributed by atoms with van der Waals surface area (Å²) < 4.78 is 8.45. The van der Waals surface area contributed by atoms with Crippen LogP contribution in [0.5, 0.6) is 5.75 Å². The molecule has 1 aromatic carbocycles. The number of ether oxygens (including phenoxy) is 1. The Morgan fingerprint density at radius 2 is 2.10 bits per heavy atom. The maximum atomic E-state index is 5.55. The molecule has 0 radical (unpaired) electrons. The number of hydrogen-bond donors (Lipinski definition) is 1. The molecule has 0 aliphatic heterocycles. The Bertz CT molecular complexity index is 658. The average Bonchev–Trinajstić information content (AvgIpc) is 2.61. The number of rotatable bonds is 2. The van der Waals surface area contributed by atoms with E-state index in [-0.39, 0.29) is 0 Å². The third-order valence-corrected chi connectivity index (χ3v) is 4.81. The molecule has 3 nitrogen and oxygen atoms in total. The van der Waals surface area contributed by atoms with Crippen LogP contribution in [0, 0.1) is 10.7 Å². The van der Waals surface area contributed by atoms with Crippen LogP contribution in [0.25, 0.3) is 11.0 Å². The second kappa shape index (κ2) is 5.60. The fraction of sp³-hybridized carbons (Fsp3) is 0.562. The van der Waals surface area contributed by atoms with Crippen molar-refractivity contribution in [3.8, 4) is 5.75 Å². The molecule has 1 aliphatic carbocycles. The lowest BCUT2D eigenvalue weighted by Gasteiger charge is -2.17. The van der Waals surface area contributed by atoms with Crippen LogP contribution in [-0.2, 0) is 0 Å². The molecule has 4 heteroatoms. The van der Waals surface area contributed by atoms with E-state index in [0.717, 1.165) is 22.0 Å². The van der Waals surface area contributed by atoms with Gasteiger partial charge in [-0.1, -0.05) is 19.8 Å². The fourth-order valence-corrected chi connectivity index (χ4v) is 3.68. The van der Waals surface area contributed by atoms with Gasteiger partial charge < -0.3 is 14.3 Å². The minimum atomic E-state index is 0.537. The Kier molecular flexibility index (Phi) is 3.83. The first-order valence-corrected chi connectivity index (χ1v) is 7.88. The largest absolute Gasteiger partial charge is 0.497 e. The summed E-state index contributed by atoms with van der Waals surface area (Å²) in [5, 5.41) is 0. The van der Waals surface area contributed by atoms with E-state index in [9.17, 15) is 0 Å². The maximum absolute atomic E-state index is 5.55. The molecule has 0 amide bonds. The van der Waals surface area contributed by atoms with Crippen LogP contribution >= 0.6 is 12.2 Å². The van der Waals surface area contributed by atoms with Crippen molar-refractivity contribution >= 4 is 23.3 Å². The Balaban J connectivity index is 2.02. The number of imidazole rings is 1. The molecule has 3 rings (SSSR count). The number of aromatic nitrogens is 2. The topological polar surface area (TPSA) is 29.9 Å². The quantitative estimate of drug-likeness (QED) is 0.633. The highest BCUT2D eigenvalue weighted by molar-refractivity contribution is 7.71. The maximum Gasteiger partial charge on any atom is 0.178 e. The zero-order chi connectivity index (χ0) is 14.1. The second-order valence-electron chi connectivity index (χ2n) is 5.95. The Labute approximate surface area is 125 Å². The van der Waals surface area contributed by atoms with Gasteiger partial charge in [0.1, 0.15) is 5.75 Å². The number of methoxy groups -OCH3 is 1. The molecular weight excluding hydrogens is 268 g/mol. The van der Waals surface area contributed by atoms with Crippen LogP contribution < -0.4 is 4.74 Å². The highest BCUT2D eigenvalue weighted by Crippen LogP contribution is 2.33. The molecule has 2 aromatic rings. The third kappa shape index (κ3) is 2.49. The van der Waals surface area contributed by atoms with E-state index in [1.54, 1.807) is 7.11 Å². The lowest BCUT2D eigenvalue weighted by molar-refractivity contribution is 0.415. The van der Waals surface area contributed by atoms with Crippen molar-refractivity contribution in [3.63, 3.8) is 0 Å². The Hall–Kier alpha value is -1.29. The van der Waals surface area contributed by atoms with Crippen LogP contribution in [0.3, 0.4) is 0 Å². The molecule has 1 aliphatic rings. The summed E-state index contributed by atoms with van der Waals surface area (Å²) in [6, 6.07) is 6.70. The molecule has 2 unspecified atom stereocenters. The fourth-order valence-electron chi connectivity index (χ4n) is 3.33. The zero-order valence-corrected chi connectivity index (χ0v) is 13.0. The van der Waals surface area contributed by atoms with Gasteiger partial charge in [0.05, 0.1) is 18.1 Å². The molecule has 1 N–H and O–H groups in total. The number of nitrogens with zero attached hydrogens (tertiary/aromatic N) is 1. The van der Waals surface area contributed by atoms with E-state index in [0.29, 0.717) is 6.04 Å². The van der Waals surface area contributed by atoms with Crippen LogP contribution in [-0.4, -0.2) is 16.7 Å². The van der Waals surface area contributed by atoms with Crippen molar-refractivity contribution in [2.24, 2.45) is 5.92 Å². The van der Waals surface area contributed by atoms with Crippen LogP contribution in [0.1, 0.15) is 45.1 Å². The van der Waals surface area contributed by atoms with Crippen molar-refractivity contribution < 1.29 is 4.74 Å². The van der Waals surface area contributed by atoms with Gasteiger partial charge in [-0.05, 0) is 49.5 Å². The van der Waals surface area contributed by atoms with E-state index in [2.05, 4.69) is 22.5 Å². The number of H-pyrrole nitrogens is 1. The first kappa shape index (κ1) is 13.7. The molecule has 108 valence electrons. The minimum Gasteiger partial charge on any atom is -0.497 e. The number of aromatic amines is 1. The summed E-state index contributed by atoms with van der Waals surface area (Å²) in [5.74, 6) is 1.72. The first-order chi connectivity index (χ1) is 9.69. The van der Waals surface area contributed by atoms with E-state index < -0.39 is 0 Å². The van der Waals surface area contributed by atoms with Crippen LogP contribution in [0.15, 0.2) is 18.2 Å². The van der Waals surface area contributed by atoms with E-state index >= 15 is 0 Å². The van der Waals surface area contributed by atoms with E-state index in [4.69, 9.17) is 17.0 Å². The standard InChI is InChI=1S/C16H22N2OS/c1-11-4-3-5-12(7-6-11)18-15-9-8-13(19-2)10-14(15)17-16(18)20/h8-12H,3-7H2,1-2H3,(H,17,20). The molecule has 0 spiro atoms. The molecule has 20 heavy (non-hydrogen) atoms. The van der Waals surface area contributed by atoms with Gasteiger partial charge in [-0.2, -0.15) is 0 Å². The molecule has 0 bridgehead atoms. The van der Waals surface area contributed by atoms with Gasteiger partial charge in [-0.25, -0.2) is 0 Å². The lowest BCUT2D eigenvalue weighted by atomic mass is 10.0. The molecule has 1 saturated carbocycles. The van der Waals surface area contributed by atoms with Gasteiger partial charge in [0.25, 0.3) is 0 Å². The molecular formula is C16H22N2OS. The monoisotopic (exact) mass is 290 g/mol. The lowest BCUT2D eigenvalue weighted by Crippen LogP contribution is -2.08. The molecule has 1 aromatic heterocycles. The summed E-state index contributed by atoms with van der Waals surface area (Å²) in [6.45, 7) is 2.36. The minimum absolute atomic E-state index is 0.537. The number of nitrogens with one attached hydrogen (secondary N) is 1. The Morgan fingerprint density at radius 3 is 2.90 bits per heavy atom. The third-order valence-electron chi connectivity index (χ3n) is 4.52. The predicted molar refractivity (Wildman–Crippen MR) is 85.0 cm³/mol. The van der Waals surface area contributed by atoms with Gasteiger partial charge in [0.15, 0.2) is 4.77 Å². The van der Waals surface area contributed by atoms with E-state index in [1.165, 1.54) is 37.6 Å². The highest BCUT2D eigenvalue weighted by atomic mass is 32.1. The summed E-state index contributed by atoms with van der Waals surface area (Å²) in [7, 11) is 1.69.